The zero-order valence-electron chi connectivity index (χ0n) is 22.3. The van der Waals surface area contributed by atoms with Crippen LogP contribution in [-0.4, -0.2) is 22.3 Å². The molecule has 186 valence electrons. The smallest absolute Gasteiger partial charge is 0.309 e. The van der Waals surface area contributed by atoms with Gasteiger partial charge in [0.25, 0.3) is 0 Å². The minimum Gasteiger partial charge on any atom is -0.481 e. The second-order valence-electron chi connectivity index (χ2n) is 15.0. The molecule has 4 fully saturated rings. The average Bonchev–Trinajstić information content (AvgIpc) is 2.72. The molecule has 5 aliphatic rings. The van der Waals surface area contributed by atoms with Crippen molar-refractivity contribution in [1.82, 2.24) is 0 Å². The first-order chi connectivity index (χ1) is 15.1. The molecule has 2 N–H and O–H groups in total. The molecule has 33 heavy (non-hydrogen) atoms. The number of hydrogen-bond donors (Lipinski definition) is 2. The van der Waals surface area contributed by atoms with Crippen LogP contribution in [0.3, 0.4) is 0 Å². The number of fused-ring (bicyclic) bond motifs is 7. The normalized spacial score (nSPS) is 52.4. The van der Waals surface area contributed by atoms with E-state index in [0.717, 1.165) is 57.8 Å². The molecule has 5 rings (SSSR count). The molecule has 0 unspecified atom stereocenters. The van der Waals surface area contributed by atoms with Crippen molar-refractivity contribution in [2.75, 3.05) is 0 Å². The summed E-state index contributed by atoms with van der Waals surface area (Å²) in [7, 11) is 0. The van der Waals surface area contributed by atoms with Crippen molar-refractivity contribution in [2.24, 2.45) is 50.2 Å². The van der Waals surface area contributed by atoms with Crippen LogP contribution in [0.15, 0.2) is 11.6 Å². The summed E-state index contributed by atoms with van der Waals surface area (Å²) in [6, 6.07) is 0. The number of aliphatic carboxylic acids is 1. The minimum absolute atomic E-state index is 0.0700. The summed E-state index contributed by atoms with van der Waals surface area (Å²) >= 11 is 0. The Morgan fingerprint density at radius 1 is 0.848 bits per heavy atom. The van der Waals surface area contributed by atoms with E-state index in [4.69, 9.17) is 0 Å². The maximum atomic E-state index is 12.8. The van der Waals surface area contributed by atoms with Crippen LogP contribution >= 0.6 is 0 Å². The van der Waals surface area contributed by atoms with E-state index in [-0.39, 0.29) is 39.1 Å². The van der Waals surface area contributed by atoms with Crippen LogP contribution in [0.2, 0.25) is 0 Å². The fraction of sp³-hybridized carbons (Fsp3) is 0.900. The van der Waals surface area contributed by atoms with Gasteiger partial charge in [0.05, 0.1) is 11.5 Å². The monoisotopic (exact) mass is 456 g/mol. The van der Waals surface area contributed by atoms with E-state index in [2.05, 4.69) is 54.5 Å². The summed E-state index contributed by atoms with van der Waals surface area (Å²) in [5.74, 6) is 0.906. The molecule has 0 aromatic carbocycles. The highest BCUT2D eigenvalue weighted by atomic mass is 16.4. The number of hydrogen-bond acceptors (Lipinski definition) is 2. The summed E-state index contributed by atoms with van der Waals surface area (Å²) in [5.41, 5.74) is 1.58. The number of aliphatic hydroxyl groups is 1. The topological polar surface area (TPSA) is 57.5 Å². The lowest BCUT2D eigenvalue weighted by molar-refractivity contribution is -0.237. The molecule has 0 aromatic rings. The number of carboxylic acid groups (broad SMARTS) is 1. The van der Waals surface area contributed by atoms with Crippen molar-refractivity contribution < 1.29 is 15.0 Å². The Balaban J connectivity index is 1.59. The van der Waals surface area contributed by atoms with Gasteiger partial charge in [0, 0.05) is 5.41 Å². The zero-order valence-corrected chi connectivity index (χ0v) is 22.3. The molecular weight excluding hydrogens is 408 g/mol. The molecule has 0 saturated heterocycles. The summed E-state index contributed by atoms with van der Waals surface area (Å²) in [6.45, 7) is 16.9. The van der Waals surface area contributed by atoms with Crippen molar-refractivity contribution >= 4 is 5.97 Å². The van der Waals surface area contributed by atoms with Gasteiger partial charge < -0.3 is 10.2 Å². The highest BCUT2D eigenvalue weighted by Gasteiger charge is 2.71. The zero-order chi connectivity index (χ0) is 24.2. The van der Waals surface area contributed by atoms with Gasteiger partial charge >= 0.3 is 5.97 Å². The van der Waals surface area contributed by atoms with Crippen LogP contribution in [0.25, 0.3) is 0 Å². The van der Waals surface area contributed by atoms with Gasteiger partial charge in [-0.05, 0) is 104 Å². The van der Waals surface area contributed by atoms with Gasteiger partial charge in [0.1, 0.15) is 0 Å². The molecule has 3 heteroatoms. The molecule has 0 bridgehead atoms. The summed E-state index contributed by atoms with van der Waals surface area (Å²) < 4.78 is 0. The van der Waals surface area contributed by atoms with Gasteiger partial charge in [-0.25, -0.2) is 0 Å². The van der Waals surface area contributed by atoms with E-state index < -0.39 is 11.4 Å². The molecule has 3 nitrogen and oxygen atoms in total. The third-order valence-corrected chi connectivity index (χ3v) is 13.1. The average molecular weight is 457 g/mol. The predicted molar refractivity (Wildman–Crippen MR) is 133 cm³/mol. The molecule has 0 aliphatic heterocycles. The fourth-order valence-electron chi connectivity index (χ4n) is 10.5. The SMILES string of the molecule is CC1(C)CC[C@@]2(C(=O)O)CC[C@@]3(C)[C@@H]4CC=C5[C@H](CC[C@@H](O)C5(C)C)[C@@]4(C)CC[C@]3(C)[C@H]2C1. The Morgan fingerprint density at radius 3 is 2.12 bits per heavy atom. The van der Waals surface area contributed by atoms with E-state index in [1.54, 1.807) is 0 Å². The summed E-state index contributed by atoms with van der Waals surface area (Å²) in [6.07, 6.45) is 12.6. The predicted octanol–water partition coefficient (Wildman–Crippen LogP) is 7.23. The number of carboxylic acids is 1. The molecule has 4 saturated carbocycles. The largest absolute Gasteiger partial charge is 0.481 e. The van der Waals surface area contributed by atoms with Crippen LogP contribution in [0.1, 0.15) is 113 Å². The van der Waals surface area contributed by atoms with Crippen molar-refractivity contribution in [3.05, 3.63) is 11.6 Å². The molecule has 8 atom stereocenters. The van der Waals surface area contributed by atoms with E-state index in [0.29, 0.717) is 11.8 Å². The van der Waals surface area contributed by atoms with Gasteiger partial charge in [0.15, 0.2) is 0 Å². The van der Waals surface area contributed by atoms with Crippen LogP contribution in [-0.2, 0) is 4.79 Å². The van der Waals surface area contributed by atoms with Crippen LogP contribution in [0, 0.1) is 50.2 Å². The van der Waals surface area contributed by atoms with Gasteiger partial charge in [-0.2, -0.15) is 0 Å². The number of rotatable bonds is 1. The second-order valence-corrected chi connectivity index (χ2v) is 15.0. The van der Waals surface area contributed by atoms with E-state index >= 15 is 0 Å². The first-order valence-electron chi connectivity index (χ1n) is 13.8. The van der Waals surface area contributed by atoms with Crippen LogP contribution in [0.4, 0.5) is 0 Å². The third kappa shape index (κ3) is 2.87. The Bertz CT molecular complexity index is 885. The van der Waals surface area contributed by atoms with Crippen molar-refractivity contribution in [2.45, 2.75) is 119 Å². The Kier molecular flexibility index (Phi) is 4.99. The number of carbonyl (C=O) groups is 1. The first-order valence-corrected chi connectivity index (χ1v) is 13.8. The lowest BCUT2D eigenvalue weighted by Gasteiger charge is -2.72. The van der Waals surface area contributed by atoms with Gasteiger partial charge in [-0.15, -0.1) is 0 Å². The van der Waals surface area contributed by atoms with Crippen molar-refractivity contribution in [3.8, 4) is 0 Å². The highest BCUT2D eigenvalue weighted by Crippen LogP contribution is 2.77. The summed E-state index contributed by atoms with van der Waals surface area (Å²) in [5, 5.41) is 21.4. The van der Waals surface area contributed by atoms with E-state index in [1.165, 1.54) is 12.0 Å². The molecule has 0 radical (unpaired) electrons. The lowest BCUT2D eigenvalue weighted by Crippen LogP contribution is -2.67. The van der Waals surface area contributed by atoms with Gasteiger partial charge in [0.2, 0.25) is 0 Å². The quantitative estimate of drug-likeness (QED) is 0.409. The lowest BCUT2D eigenvalue weighted by atomic mass is 9.31. The van der Waals surface area contributed by atoms with Crippen molar-refractivity contribution in [1.29, 1.82) is 0 Å². The molecule has 0 heterocycles. The number of allylic oxidation sites excluding steroid dienone is 1. The standard InChI is InChI=1S/C30H48O3/c1-25(2)12-16-30(24(32)33)17-15-28(6)21-10-8-19-20(9-11-23(31)26(19,3)4)27(21,5)13-14-29(28,7)22(30)18-25/h8,20-23,31H,9-18H2,1-7H3,(H,32,33)/t20-,21+,22+,23+,27+,28-,29+,30+/m0/s1. The fourth-order valence-corrected chi connectivity index (χ4v) is 10.5. The van der Waals surface area contributed by atoms with Crippen LogP contribution in [0.5, 0.6) is 0 Å². The van der Waals surface area contributed by atoms with E-state index in [9.17, 15) is 15.0 Å². The minimum atomic E-state index is -0.524. The first kappa shape index (κ1) is 23.9. The Hall–Kier alpha value is -0.830. The Morgan fingerprint density at radius 2 is 1.45 bits per heavy atom. The third-order valence-electron chi connectivity index (χ3n) is 13.1. The molecule has 5 aliphatic carbocycles. The van der Waals surface area contributed by atoms with Crippen molar-refractivity contribution in [3.63, 3.8) is 0 Å². The molecule has 0 spiro atoms. The summed E-state index contributed by atoms with van der Waals surface area (Å²) in [4.78, 5) is 12.8. The van der Waals surface area contributed by atoms with Crippen LogP contribution < -0.4 is 0 Å². The number of aliphatic hydroxyl groups excluding tert-OH is 1. The Labute approximate surface area is 201 Å². The maximum absolute atomic E-state index is 12.8. The van der Waals surface area contributed by atoms with E-state index in [1.807, 2.05) is 0 Å². The second kappa shape index (κ2) is 6.89. The molecular formula is C30H48O3. The molecule has 0 amide bonds. The highest BCUT2D eigenvalue weighted by molar-refractivity contribution is 5.76. The van der Waals surface area contributed by atoms with Gasteiger partial charge in [-0.3, -0.25) is 4.79 Å². The maximum Gasteiger partial charge on any atom is 0.309 e. The molecule has 0 aromatic heterocycles. The van der Waals surface area contributed by atoms with Gasteiger partial charge in [-0.1, -0.05) is 60.1 Å².